The first-order valence-corrected chi connectivity index (χ1v) is 10.8. The van der Waals surface area contributed by atoms with Gasteiger partial charge in [0.2, 0.25) is 0 Å². The van der Waals surface area contributed by atoms with Gasteiger partial charge in [-0.15, -0.1) is 0 Å². The van der Waals surface area contributed by atoms with Crippen LogP contribution in [0.3, 0.4) is 0 Å². The number of rotatable bonds is 8. The molecule has 3 heterocycles. The molecule has 0 fully saturated rings. The Morgan fingerprint density at radius 2 is 1.67 bits per heavy atom. The molecule has 0 aliphatic heterocycles. The van der Waals surface area contributed by atoms with Crippen molar-refractivity contribution in [3.8, 4) is 17.1 Å². The van der Waals surface area contributed by atoms with Gasteiger partial charge in [-0.05, 0) is 29.8 Å². The van der Waals surface area contributed by atoms with Crippen LogP contribution in [-0.2, 0) is 6.54 Å². The minimum Gasteiger partial charge on any atom is -0.492 e. The van der Waals surface area contributed by atoms with E-state index in [2.05, 4.69) is 27.1 Å². The van der Waals surface area contributed by atoms with Gasteiger partial charge in [-0.25, -0.2) is 14.6 Å². The maximum atomic E-state index is 5.89. The molecular weight excluding hydrogens is 412 g/mol. The quantitative estimate of drug-likeness (QED) is 0.358. The predicted octanol–water partition coefficient (Wildman–Crippen LogP) is 4.45. The van der Waals surface area contributed by atoms with Crippen LogP contribution in [0.2, 0.25) is 0 Å². The highest BCUT2D eigenvalue weighted by molar-refractivity contribution is 5.88. The van der Waals surface area contributed by atoms with Crippen molar-refractivity contribution in [3.05, 3.63) is 97.0 Å². The van der Waals surface area contributed by atoms with Crippen LogP contribution in [0.4, 0.5) is 5.82 Å². The number of hydrogen-bond acceptors (Lipinski definition) is 6. The van der Waals surface area contributed by atoms with Crippen molar-refractivity contribution in [2.24, 2.45) is 0 Å². The molecule has 5 aromatic rings. The van der Waals surface area contributed by atoms with Crippen LogP contribution in [0.1, 0.15) is 5.56 Å². The largest absolute Gasteiger partial charge is 0.492 e. The van der Waals surface area contributed by atoms with Crippen molar-refractivity contribution >= 4 is 16.9 Å². The Bertz CT molecular complexity index is 1320. The SMILES string of the molecule is CN(CCOc1ccccc1)c1nc(-c2cccnc2)nc2c1cnn2Cc1ccccc1. The van der Waals surface area contributed by atoms with E-state index >= 15 is 0 Å². The van der Waals surface area contributed by atoms with Gasteiger partial charge in [0, 0.05) is 25.0 Å². The number of nitrogens with zero attached hydrogens (tertiary/aromatic N) is 6. The van der Waals surface area contributed by atoms with Crippen LogP contribution < -0.4 is 9.64 Å². The van der Waals surface area contributed by atoms with Gasteiger partial charge in [-0.1, -0.05) is 48.5 Å². The lowest BCUT2D eigenvalue weighted by molar-refractivity contribution is 0.326. The van der Waals surface area contributed by atoms with E-state index in [1.807, 2.05) is 78.6 Å². The Hall–Kier alpha value is -4.26. The average molecular weight is 437 g/mol. The van der Waals surface area contributed by atoms with E-state index in [4.69, 9.17) is 14.7 Å². The first-order chi connectivity index (χ1) is 16.3. The van der Waals surface area contributed by atoms with E-state index in [1.165, 1.54) is 0 Å². The molecule has 7 heteroatoms. The molecule has 0 saturated carbocycles. The Morgan fingerprint density at radius 3 is 2.42 bits per heavy atom. The zero-order valence-corrected chi connectivity index (χ0v) is 18.4. The topological polar surface area (TPSA) is 69.0 Å². The molecule has 0 radical (unpaired) electrons. The summed E-state index contributed by atoms with van der Waals surface area (Å²) in [6.45, 7) is 1.83. The molecule has 164 valence electrons. The molecule has 0 aliphatic rings. The standard InChI is InChI=1S/C26H24N6O/c1-31(15-16-33-22-12-6-3-7-13-22)25-23-18-28-32(19-20-9-4-2-5-10-20)26(23)30-24(29-25)21-11-8-14-27-17-21/h2-14,17-18H,15-16,19H2,1H3. The third-order valence-corrected chi connectivity index (χ3v) is 5.37. The summed E-state index contributed by atoms with van der Waals surface area (Å²) in [7, 11) is 2.01. The highest BCUT2D eigenvalue weighted by Gasteiger charge is 2.17. The van der Waals surface area contributed by atoms with E-state index in [0.29, 0.717) is 25.5 Å². The zero-order valence-electron chi connectivity index (χ0n) is 18.4. The van der Waals surface area contributed by atoms with E-state index in [9.17, 15) is 0 Å². The third-order valence-electron chi connectivity index (χ3n) is 5.37. The number of hydrogen-bond donors (Lipinski definition) is 0. The lowest BCUT2D eigenvalue weighted by Gasteiger charge is -2.20. The molecule has 3 aromatic heterocycles. The van der Waals surface area contributed by atoms with Crippen molar-refractivity contribution in [1.29, 1.82) is 0 Å². The van der Waals surface area contributed by atoms with Crippen LogP contribution in [0.15, 0.2) is 91.4 Å². The van der Waals surface area contributed by atoms with Crippen LogP contribution in [0.25, 0.3) is 22.4 Å². The first-order valence-electron chi connectivity index (χ1n) is 10.8. The number of aromatic nitrogens is 5. The van der Waals surface area contributed by atoms with Crippen LogP contribution in [0.5, 0.6) is 5.75 Å². The van der Waals surface area contributed by atoms with Crippen LogP contribution in [0, 0.1) is 0 Å². The Kier molecular flexibility index (Phi) is 5.93. The van der Waals surface area contributed by atoms with Gasteiger partial charge >= 0.3 is 0 Å². The van der Waals surface area contributed by atoms with Crippen molar-refractivity contribution in [3.63, 3.8) is 0 Å². The Labute approximate surface area is 192 Å². The van der Waals surface area contributed by atoms with E-state index < -0.39 is 0 Å². The fourth-order valence-corrected chi connectivity index (χ4v) is 3.65. The highest BCUT2D eigenvalue weighted by Crippen LogP contribution is 2.27. The van der Waals surface area contributed by atoms with Crippen molar-refractivity contribution < 1.29 is 4.74 Å². The minimum atomic E-state index is 0.534. The monoisotopic (exact) mass is 436 g/mol. The maximum Gasteiger partial charge on any atom is 0.165 e. The molecule has 0 atom stereocenters. The fraction of sp³-hybridized carbons (Fsp3) is 0.154. The normalized spacial score (nSPS) is 10.9. The number of anilines is 1. The number of pyridine rings is 1. The number of likely N-dealkylation sites (N-methyl/N-ethyl adjacent to an activating group) is 1. The molecule has 5 rings (SSSR count). The zero-order chi connectivity index (χ0) is 22.5. The molecule has 0 bridgehead atoms. The molecule has 7 nitrogen and oxygen atoms in total. The summed E-state index contributed by atoms with van der Waals surface area (Å²) in [6.07, 6.45) is 5.37. The second-order valence-electron chi connectivity index (χ2n) is 7.72. The summed E-state index contributed by atoms with van der Waals surface area (Å²) in [5, 5.41) is 5.54. The molecular formula is C26H24N6O. The first kappa shape index (κ1) is 20.6. The second-order valence-corrected chi connectivity index (χ2v) is 7.72. The number of ether oxygens (including phenoxy) is 1. The number of benzene rings is 2. The summed E-state index contributed by atoms with van der Waals surface area (Å²) < 4.78 is 7.81. The molecule has 33 heavy (non-hydrogen) atoms. The number of para-hydroxylation sites is 1. The molecule has 0 spiro atoms. The summed E-state index contributed by atoms with van der Waals surface area (Å²) in [6, 6.07) is 23.9. The van der Waals surface area contributed by atoms with E-state index in [-0.39, 0.29) is 0 Å². The summed E-state index contributed by atoms with van der Waals surface area (Å²) >= 11 is 0. The van der Waals surface area contributed by atoms with Gasteiger partial charge in [0.05, 0.1) is 24.7 Å². The maximum absolute atomic E-state index is 5.89. The molecule has 0 saturated heterocycles. The Morgan fingerprint density at radius 1 is 0.879 bits per heavy atom. The number of fused-ring (bicyclic) bond motifs is 1. The van der Waals surface area contributed by atoms with Gasteiger partial charge in [-0.2, -0.15) is 5.10 Å². The van der Waals surface area contributed by atoms with Gasteiger partial charge in [0.1, 0.15) is 18.2 Å². The third kappa shape index (κ3) is 4.67. The molecule has 0 aliphatic carbocycles. The molecule has 0 amide bonds. The van der Waals surface area contributed by atoms with Crippen molar-refractivity contribution in [1.82, 2.24) is 24.7 Å². The van der Waals surface area contributed by atoms with Crippen molar-refractivity contribution in [2.75, 3.05) is 25.1 Å². The van der Waals surface area contributed by atoms with Crippen LogP contribution in [-0.4, -0.2) is 44.9 Å². The highest BCUT2D eigenvalue weighted by atomic mass is 16.5. The van der Waals surface area contributed by atoms with Crippen molar-refractivity contribution in [2.45, 2.75) is 6.54 Å². The summed E-state index contributed by atoms with van der Waals surface area (Å²) in [4.78, 5) is 16.1. The minimum absolute atomic E-state index is 0.534. The smallest absolute Gasteiger partial charge is 0.165 e. The van der Waals surface area contributed by atoms with E-state index in [0.717, 1.165) is 33.7 Å². The lowest BCUT2D eigenvalue weighted by atomic mass is 10.2. The summed E-state index contributed by atoms with van der Waals surface area (Å²) in [5.41, 5.74) is 2.82. The predicted molar refractivity (Wildman–Crippen MR) is 129 cm³/mol. The van der Waals surface area contributed by atoms with Crippen LogP contribution >= 0.6 is 0 Å². The van der Waals surface area contributed by atoms with Gasteiger partial charge in [0.15, 0.2) is 11.5 Å². The fourth-order valence-electron chi connectivity index (χ4n) is 3.65. The van der Waals surface area contributed by atoms with Gasteiger partial charge in [-0.3, -0.25) is 4.98 Å². The average Bonchev–Trinajstić information content (AvgIpc) is 3.28. The van der Waals surface area contributed by atoms with Gasteiger partial charge in [0.25, 0.3) is 0 Å². The molecule has 2 aromatic carbocycles. The second kappa shape index (κ2) is 9.48. The van der Waals surface area contributed by atoms with E-state index in [1.54, 1.807) is 12.4 Å². The summed E-state index contributed by atoms with van der Waals surface area (Å²) in [5.74, 6) is 2.29. The van der Waals surface area contributed by atoms with Gasteiger partial charge < -0.3 is 9.64 Å². The Balaban J connectivity index is 1.48. The molecule has 0 unspecified atom stereocenters. The molecule has 0 N–H and O–H groups in total. The lowest BCUT2D eigenvalue weighted by Crippen LogP contribution is -2.25.